The second kappa shape index (κ2) is 7.81. The summed E-state index contributed by atoms with van der Waals surface area (Å²) < 4.78 is 11.5. The summed E-state index contributed by atoms with van der Waals surface area (Å²) in [5, 5.41) is 3.27. The van der Waals surface area contributed by atoms with Gasteiger partial charge in [0, 0.05) is 38.8 Å². The molecule has 5 heteroatoms. The Bertz CT molecular complexity index is 877. The molecule has 0 unspecified atom stereocenters. The Morgan fingerprint density at radius 3 is 2.79 bits per heavy atom. The van der Waals surface area contributed by atoms with Crippen molar-refractivity contribution < 1.29 is 14.3 Å². The molecule has 3 aliphatic rings. The summed E-state index contributed by atoms with van der Waals surface area (Å²) >= 11 is 0. The molecule has 1 N–H and O–H groups in total. The predicted octanol–water partition coefficient (Wildman–Crippen LogP) is 3.76. The number of hydrogen-bond acceptors (Lipinski definition) is 3. The van der Waals surface area contributed by atoms with Crippen LogP contribution >= 0.6 is 0 Å². The molecule has 5 nitrogen and oxygen atoms in total. The molecule has 0 aromatic heterocycles. The highest BCUT2D eigenvalue weighted by molar-refractivity contribution is 5.75. The lowest BCUT2D eigenvalue weighted by molar-refractivity contribution is -0.0881. The molecule has 152 valence electrons. The Labute approximate surface area is 172 Å². The number of hydrogen-bond donors (Lipinski definition) is 1. The van der Waals surface area contributed by atoms with E-state index in [4.69, 9.17) is 9.47 Å². The lowest BCUT2D eigenvalue weighted by Crippen LogP contribution is -2.52. The summed E-state index contributed by atoms with van der Waals surface area (Å²) in [6.45, 7) is 3.53. The third kappa shape index (κ3) is 3.89. The van der Waals surface area contributed by atoms with Crippen LogP contribution in [0.3, 0.4) is 0 Å². The fourth-order valence-corrected chi connectivity index (χ4v) is 4.82. The number of fused-ring (bicyclic) bond motifs is 1. The Hall–Kier alpha value is -2.37. The summed E-state index contributed by atoms with van der Waals surface area (Å²) in [6, 6.07) is 17.3. The van der Waals surface area contributed by atoms with Crippen molar-refractivity contribution in [1.82, 2.24) is 10.2 Å². The van der Waals surface area contributed by atoms with Gasteiger partial charge in [0.15, 0.2) is 0 Å². The highest BCUT2D eigenvalue weighted by Crippen LogP contribution is 2.33. The molecule has 3 aliphatic heterocycles. The van der Waals surface area contributed by atoms with E-state index < -0.39 is 0 Å². The van der Waals surface area contributed by atoms with Gasteiger partial charge in [0.1, 0.15) is 0 Å². The van der Waals surface area contributed by atoms with Crippen LogP contribution < -0.4 is 5.32 Å². The van der Waals surface area contributed by atoms with E-state index >= 15 is 0 Å². The van der Waals surface area contributed by atoms with Crippen molar-refractivity contribution in [1.29, 1.82) is 0 Å². The molecule has 0 radical (unpaired) electrons. The first kappa shape index (κ1) is 18.6. The van der Waals surface area contributed by atoms with Crippen molar-refractivity contribution in [2.24, 2.45) is 0 Å². The number of carbonyl (C=O) groups excluding carboxylic acids is 1. The quantitative estimate of drug-likeness (QED) is 0.847. The number of urea groups is 1. The molecule has 29 heavy (non-hydrogen) atoms. The predicted molar refractivity (Wildman–Crippen MR) is 112 cm³/mol. The van der Waals surface area contributed by atoms with Crippen molar-refractivity contribution in [3.05, 3.63) is 59.7 Å². The maximum Gasteiger partial charge on any atom is 0.317 e. The van der Waals surface area contributed by atoms with Crippen LogP contribution in [-0.4, -0.2) is 48.9 Å². The van der Waals surface area contributed by atoms with Crippen LogP contribution in [0, 0.1) is 0 Å². The minimum absolute atomic E-state index is 0.0433. The topological polar surface area (TPSA) is 50.8 Å². The van der Waals surface area contributed by atoms with Gasteiger partial charge in [0.25, 0.3) is 0 Å². The third-order valence-corrected chi connectivity index (χ3v) is 6.50. The van der Waals surface area contributed by atoms with E-state index in [-0.39, 0.29) is 17.7 Å². The monoisotopic (exact) mass is 392 g/mol. The molecule has 2 aromatic carbocycles. The molecule has 0 bridgehead atoms. The second-order valence-corrected chi connectivity index (χ2v) is 8.49. The van der Waals surface area contributed by atoms with Crippen LogP contribution in [0.2, 0.25) is 0 Å². The van der Waals surface area contributed by atoms with E-state index in [1.807, 2.05) is 11.0 Å². The Kier molecular flexibility index (Phi) is 5.02. The van der Waals surface area contributed by atoms with Gasteiger partial charge >= 0.3 is 6.03 Å². The minimum atomic E-state index is -0.185. The van der Waals surface area contributed by atoms with Crippen LogP contribution in [0.4, 0.5) is 4.79 Å². The Morgan fingerprint density at radius 1 is 1.07 bits per heavy atom. The molecule has 5 rings (SSSR count). The molecular formula is C24H28N2O3. The number of rotatable bonds is 2. The van der Waals surface area contributed by atoms with Gasteiger partial charge in [-0.25, -0.2) is 4.79 Å². The standard InChI is InChI=1S/C24H28N2O3/c27-23(25-22-9-12-29-24(15-22)10-13-28-17-24)26-11-8-19-6-7-20(14-21(19)16-26)18-4-2-1-3-5-18/h1-7,14,22H,8-13,15-17H2,(H,25,27)/t22-,24+/m1/s1. The minimum Gasteiger partial charge on any atom is -0.378 e. The van der Waals surface area contributed by atoms with Crippen LogP contribution in [0.5, 0.6) is 0 Å². The molecule has 2 saturated heterocycles. The highest BCUT2D eigenvalue weighted by Gasteiger charge is 2.41. The molecule has 1 spiro atoms. The van der Waals surface area contributed by atoms with Crippen LogP contribution in [0.15, 0.2) is 48.5 Å². The molecule has 2 atom stereocenters. The fraction of sp³-hybridized carbons (Fsp3) is 0.458. The number of amides is 2. The average Bonchev–Trinajstić information content (AvgIpc) is 3.21. The van der Waals surface area contributed by atoms with Crippen molar-refractivity contribution in [2.75, 3.05) is 26.4 Å². The lowest BCUT2D eigenvalue weighted by atomic mass is 9.90. The summed E-state index contributed by atoms with van der Waals surface area (Å²) in [7, 11) is 0. The van der Waals surface area contributed by atoms with Gasteiger partial charge < -0.3 is 19.7 Å². The van der Waals surface area contributed by atoms with Crippen molar-refractivity contribution in [2.45, 2.75) is 43.9 Å². The van der Waals surface area contributed by atoms with Crippen LogP contribution in [0.25, 0.3) is 11.1 Å². The van der Waals surface area contributed by atoms with E-state index in [1.54, 1.807) is 0 Å². The smallest absolute Gasteiger partial charge is 0.317 e. The van der Waals surface area contributed by atoms with Gasteiger partial charge in [0.2, 0.25) is 0 Å². The summed E-state index contributed by atoms with van der Waals surface area (Å²) in [6.07, 6.45) is 3.56. The maximum atomic E-state index is 13.0. The molecule has 2 fully saturated rings. The first-order valence-electron chi connectivity index (χ1n) is 10.7. The molecule has 2 amide bonds. The largest absolute Gasteiger partial charge is 0.378 e. The first-order chi connectivity index (χ1) is 14.2. The molecule has 0 aliphatic carbocycles. The number of ether oxygens (including phenoxy) is 2. The van der Waals surface area contributed by atoms with Gasteiger partial charge in [-0.3, -0.25) is 0 Å². The number of carbonyl (C=O) groups is 1. The molecule has 3 heterocycles. The maximum absolute atomic E-state index is 13.0. The molecule has 0 saturated carbocycles. The normalized spacial score (nSPS) is 26.3. The zero-order valence-electron chi connectivity index (χ0n) is 16.7. The van der Waals surface area contributed by atoms with Gasteiger partial charge in [-0.1, -0.05) is 42.5 Å². The summed E-state index contributed by atoms with van der Waals surface area (Å²) in [4.78, 5) is 14.9. The zero-order valence-corrected chi connectivity index (χ0v) is 16.7. The number of benzene rings is 2. The van der Waals surface area contributed by atoms with Gasteiger partial charge in [-0.05, 0) is 47.6 Å². The number of nitrogens with one attached hydrogen (secondary N) is 1. The van der Waals surface area contributed by atoms with Crippen LogP contribution in [-0.2, 0) is 22.4 Å². The number of nitrogens with zero attached hydrogens (tertiary/aromatic N) is 1. The summed E-state index contributed by atoms with van der Waals surface area (Å²) in [5.74, 6) is 0. The van der Waals surface area contributed by atoms with E-state index in [0.29, 0.717) is 19.8 Å². The fourth-order valence-electron chi connectivity index (χ4n) is 4.82. The van der Waals surface area contributed by atoms with Gasteiger partial charge in [-0.15, -0.1) is 0 Å². The van der Waals surface area contributed by atoms with Crippen molar-refractivity contribution >= 4 is 6.03 Å². The van der Waals surface area contributed by atoms with Gasteiger partial charge in [-0.2, -0.15) is 0 Å². The van der Waals surface area contributed by atoms with E-state index in [0.717, 1.165) is 38.8 Å². The Morgan fingerprint density at radius 2 is 1.97 bits per heavy atom. The van der Waals surface area contributed by atoms with E-state index in [2.05, 4.69) is 47.8 Å². The van der Waals surface area contributed by atoms with E-state index in [9.17, 15) is 4.79 Å². The Balaban J connectivity index is 1.26. The highest BCUT2D eigenvalue weighted by atomic mass is 16.6. The van der Waals surface area contributed by atoms with Crippen LogP contribution in [0.1, 0.15) is 30.4 Å². The van der Waals surface area contributed by atoms with E-state index in [1.165, 1.54) is 22.3 Å². The first-order valence-corrected chi connectivity index (χ1v) is 10.7. The SMILES string of the molecule is O=C(N[C@@H]1CCO[C@@]2(CCOC2)C1)N1CCc2ccc(-c3ccccc3)cc2C1. The lowest BCUT2D eigenvalue weighted by Gasteiger charge is -2.38. The summed E-state index contributed by atoms with van der Waals surface area (Å²) in [5.41, 5.74) is 4.83. The van der Waals surface area contributed by atoms with Gasteiger partial charge in [0.05, 0.1) is 12.2 Å². The average molecular weight is 392 g/mol. The molecule has 2 aromatic rings. The van der Waals surface area contributed by atoms with Crippen molar-refractivity contribution in [3.8, 4) is 11.1 Å². The second-order valence-electron chi connectivity index (χ2n) is 8.49. The molecular weight excluding hydrogens is 364 g/mol. The third-order valence-electron chi connectivity index (χ3n) is 6.50. The zero-order chi connectivity index (χ0) is 19.7. The van der Waals surface area contributed by atoms with Crippen molar-refractivity contribution in [3.63, 3.8) is 0 Å².